The summed E-state index contributed by atoms with van der Waals surface area (Å²) in [7, 11) is 0. The van der Waals surface area contributed by atoms with Crippen LogP contribution in [0.1, 0.15) is 31.2 Å². The fourth-order valence-electron chi connectivity index (χ4n) is 1.82. The van der Waals surface area contributed by atoms with Gasteiger partial charge in [-0.05, 0) is 12.8 Å². The second-order valence-electron chi connectivity index (χ2n) is 3.73. The molecule has 0 heterocycles. The number of hydrogen-bond acceptors (Lipinski definition) is 1. The van der Waals surface area contributed by atoms with E-state index in [2.05, 4.69) is 19.7 Å². The molecule has 1 aromatic carbocycles. The molecule has 0 N–H and O–H groups in total. The van der Waals surface area contributed by atoms with E-state index in [0.29, 0.717) is 18.3 Å². The number of halogens is 2. The third kappa shape index (κ3) is 4.61. The van der Waals surface area contributed by atoms with Crippen LogP contribution in [0.5, 0.6) is 0 Å². The average Bonchev–Trinajstić information content (AvgIpc) is 2.84. The molecule has 0 saturated heterocycles. The van der Waals surface area contributed by atoms with Gasteiger partial charge in [0, 0.05) is 5.82 Å². The van der Waals surface area contributed by atoms with Crippen molar-refractivity contribution in [3.05, 3.63) is 35.6 Å². The Balaban J connectivity index is 0.000000606. The summed E-state index contributed by atoms with van der Waals surface area (Å²) in [6.45, 7) is 0.394. The Kier molecular flexibility index (Phi) is 7.43. The molecule has 1 aliphatic carbocycles. The van der Waals surface area contributed by atoms with E-state index in [-0.39, 0.29) is 5.82 Å². The summed E-state index contributed by atoms with van der Waals surface area (Å²) < 4.78 is 18.8. The molecule has 0 unspecified atom stereocenters. The van der Waals surface area contributed by atoms with Gasteiger partial charge in [-0.1, -0.05) is 18.4 Å². The van der Waals surface area contributed by atoms with Gasteiger partial charge in [0.05, 0.1) is 12.7 Å². The Morgan fingerprint density at radius 3 is 2.75 bits per heavy atom. The van der Waals surface area contributed by atoms with E-state index in [1.54, 1.807) is 12.1 Å². The van der Waals surface area contributed by atoms with E-state index < -0.39 is 0 Å². The van der Waals surface area contributed by atoms with Gasteiger partial charge in [-0.2, -0.15) is 18.2 Å². The number of ether oxygens (including phenoxy) is 1. The first kappa shape index (κ1) is 14.3. The van der Waals surface area contributed by atoms with Crippen LogP contribution in [0, 0.1) is 11.9 Å². The van der Waals surface area contributed by atoms with Gasteiger partial charge in [-0.15, -0.1) is 6.07 Å². The Bertz CT molecular complexity index is 303. The number of rotatable bonds is 3. The van der Waals surface area contributed by atoms with E-state index in [0.717, 1.165) is 12.8 Å². The van der Waals surface area contributed by atoms with E-state index in [4.69, 9.17) is 4.74 Å². The Morgan fingerprint density at radius 2 is 2.12 bits per heavy atom. The first-order valence-electron chi connectivity index (χ1n) is 5.39. The third-order valence-corrected chi connectivity index (χ3v) is 2.67. The zero-order chi connectivity index (χ0) is 11.8. The summed E-state index contributed by atoms with van der Waals surface area (Å²) in [6.07, 6.45) is 5.09. The minimum atomic E-state index is -0.217. The SMILES string of the molecule is Fc1c[c-]ccc1COC1CCCC1.[Zn+][Br]. The van der Waals surface area contributed by atoms with Crippen molar-refractivity contribution in [2.45, 2.75) is 38.4 Å². The van der Waals surface area contributed by atoms with Crippen LogP contribution in [-0.4, -0.2) is 6.10 Å². The van der Waals surface area contributed by atoms with E-state index in [9.17, 15) is 4.39 Å². The zero-order valence-electron chi connectivity index (χ0n) is 9.22. The third-order valence-electron chi connectivity index (χ3n) is 2.67. The molecule has 4 heteroatoms. The molecule has 0 aromatic heterocycles. The van der Waals surface area contributed by atoms with Crippen molar-refractivity contribution in [2.24, 2.45) is 0 Å². The Labute approximate surface area is 113 Å². The molecule has 2 rings (SSSR count). The van der Waals surface area contributed by atoms with Crippen LogP contribution < -0.4 is 0 Å². The van der Waals surface area contributed by atoms with Gasteiger partial charge >= 0.3 is 30.0 Å². The summed E-state index contributed by atoms with van der Waals surface area (Å²) in [5.74, 6) is -0.217. The molecule has 0 amide bonds. The molecule has 1 saturated carbocycles. The average molecular weight is 339 g/mol. The monoisotopic (exact) mass is 336 g/mol. The van der Waals surface area contributed by atoms with Crippen molar-refractivity contribution in [3.8, 4) is 0 Å². The molecule has 84 valence electrons. The summed E-state index contributed by atoms with van der Waals surface area (Å²) in [6, 6.07) is 7.50. The van der Waals surface area contributed by atoms with Crippen LogP contribution in [0.15, 0.2) is 18.2 Å². The van der Waals surface area contributed by atoms with E-state index in [1.165, 1.54) is 35.3 Å². The predicted molar refractivity (Wildman–Crippen MR) is 61.2 cm³/mol. The fourth-order valence-corrected chi connectivity index (χ4v) is 1.82. The van der Waals surface area contributed by atoms with Crippen molar-refractivity contribution in [2.75, 3.05) is 0 Å². The summed E-state index contributed by atoms with van der Waals surface area (Å²) in [4.78, 5) is 0. The topological polar surface area (TPSA) is 9.23 Å². The van der Waals surface area contributed by atoms with Crippen LogP contribution in [0.4, 0.5) is 4.39 Å². The molecular formula is C12H14BrFOZn. The summed E-state index contributed by atoms with van der Waals surface area (Å²) in [5.41, 5.74) is 0.635. The van der Waals surface area contributed by atoms with Crippen molar-refractivity contribution in [1.82, 2.24) is 0 Å². The molecule has 1 nitrogen and oxygen atoms in total. The van der Waals surface area contributed by atoms with Crippen LogP contribution in [0.2, 0.25) is 0 Å². The van der Waals surface area contributed by atoms with E-state index in [1.807, 2.05) is 0 Å². The van der Waals surface area contributed by atoms with Crippen LogP contribution in [0.3, 0.4) is 0 Å². The fraction of sp³-hybridized carbons (Fsp3) is 0.500. The van der Waals surface area contributed by atoms with Crippen LogP contribution in [0.25, 0.3) is 0 Å². The van der Waals surface area contributed by atoms with Gasteiger partial charge in [-0.3, -0.25) is 4.39 Å². The quantitative estimate of drug-likeness (QED) is 0.599. The van der Waals surface area contributed by atoms with Crippen molar-refractivity contribution < 1.29 is 25.5 Å². The first-order chi connectivity index (χ1) is 7.86. The van der Waals surface area contributed by atoms with Crippen molar-refractivity contribution >= 4 is 13.6 Å². The molecule has 0 bridgehead atoms. The zero-order valence-corrected chi connectivity index (χ0v) is 13.8. The maximum atomic E-state index is 13.2. The Hall–Kier alpha value is 0.213. The molecule has 1 fully saturated rings. The molecule has 1 aliphatic rings. The summed E-state index contributed by atoms with van der Waals surface area (Å²) >= 11 is 4.25. The normalized spacial score (nSPS) is 15.8. The van der Waals surface area contributed by atoms with Gasteiger partial charge in [0.15, 0.2) is 0 Å². The van der Waals surface area contributed by atoms with E-state index >= 15 is 0 Å². The maximum absolute atomic E-state index is 13.2. The standard InChI is InChI=1S/C12H14FO.BrH.Zn/c13-12-8-4-1-5-10(12)9-14-11-6-2-3-7-11;;/h1,5,8,11H,2-3,6-7,9H2;1H;/q-1;;+2/p-1. The van der Waals surface area contributed by atoms with Gasteiger partial charge in [0.25, 0.3) is 0 Å². The van der Waals surface area contributed by atoms with Crippen molar-refractivity contribution in [3.63, 3.8) is 0 Å². The summed E-state index contributed by atoms with van der Waals surface area (Å²) in [5, 5.41) is 0. The number of benzene rings is 1. The minimum absolute atomic E-state index is 0.217. The molecule has 0 spiro atoms. The molecule has 0 radical (unpaired) electrons. The van der Waals surface area contributed by atoms with Gasteiger partial charge in [0.1, 0.15) is 0 Å². The molecule has 1 aromatic rings. The first-order valence-corrected chi connectivity index (χ1v) is 12.3. The number of hydrogen-bond donors (Lipinski definition) is 0. The molecule has 16 heavy (non-hydrogen) atoms. The molecule has 0 atom stereocenters. The van der Waals surface area contributed by atoms with Gasteiger partial charge in [-0.25, -0.2) is 0 Å². The second-order valence-corrected chi connectivity index (χ2v) is 3.73. The van der Waals surface area contributed by atoms with Crippen LogP contribution in [-0.2, 0) is 27.7 Å². The second kappa shape index (κ2) is 8.33. The van der Waals surface area contributed by atoms with Crippen LogP contribution >= 0.6 is 13.6 Å². The predicted octanol–water partition coefficient (Wildman–Crippen LogP) is 3.93. The molecule has 0 aliphatic heterocycles. The molecular weight excluding hydrogens is 324 g/mol. The van der Waals surface area contributed by atoms with Gasteiger partial charge in [0.2, 0.25) is 0 Å². The Morgan fingerprint density at radius 1 is 1.44 bits per heavy atom. The van der Waals surface area contributed by atoms with Crippen molar-refractivity contribution in [1.29, 1.82) is 0 Å². The van der Waals surface area contributed by atoms with Gasteiger partial charge < -0.3 is 4.74 Å².